The van der Waals surface area contributed by atoms with E-state index >= 15 is 0 Å². The van der Waals surface area contributed by atoms with Gasteiger partial charge in [-0.1, -0.05) is 0 Å². The molecule has 0 bridgehead atoms. The first kappa shape index (κ1) is 16.3. The summed E-state index contributed by atoms with van der Waals surface area (Å²) in [7, 11) is 0. The van der Waals surface area contributed by atoms with Gasteiger partial charge in [-0.25, -0.2) is 0 Å². The average Bonchev–Trinajstić information content (AvgIpc) is 3.24. The molecule has 0 fully saturated rings. The molecule has 3 aromatic rings. The molecule has 1 unspecified atom stereocenters. The Balaban J connectivity index is 1.86. The van der Waals surface area contributed by atoms with Gasteiger partial charge in [-0.15, -0.1) is 0 Å². The number of rotatable bonds is 5. The van der Waals surface area contributed by atoms with E-state index in [2.05, 4.69) is 5.16 Å². The molecule has 2 heterocycles. The molecule has 3 rings (SSSR count). The maximum absolute atomic E-state index is 14.7. The number of fused-ring (bicyclic) bond motifs is 1. The predicted molar refractivity (Wildman–Crippen MR) is 87.6 cm³/mol. The molecular weight excluding hydrogens is 334 g/mol. The quantitative estimate of drug-likeness (QED) is 0.525. The van der Waals surface area contributed by atoms with Crippen LogP contribution >= 0.6 is 11.3 Å². The van der Waals surface area contributed by atoms with E-state index in [-0.39, 0.29) is 11.3 Å². The Bertz CT molecular complexity index is 867. The summed E-state index contributed by atoms with van der Waals surface area (Å²) in [6, 6.07) is 6.86. The summed E-state index contributed by atoms with van der Waals surface area (Å²) in [5.41, 5.74) is 0.224. The van der Waals surface area contributed by atoms with E-state index in [9.17, 15) is 14.0 Å². The van der Waals surface area contributed by atoms with Crippen LogP contribution < -0.4 is 4.90 Å². The minimum atomic E-state index is -1.92. The van der Waals surface area contributed by atoms with Crippen LogP contribution in [0.1, 0.15) is 18.7 Å². The predicted octanol–water partition coefficient (Wildman–Crippen LogP) is 2.79. The molecule has 9 heteroatoms. The number of thiophene rings is 1. The van der Waals surface area contributed by atoms with Crippen LogP contribution in [0, 0.1) is 0 Å². The standard InChI is InChI=1S/C15H12BFN2O4S/c1-9(20)22-8-19(15-16-7-18-23-15)14(21)13(17)11-3-2-10-4-5-24-12(10)6-11/h2-7,13H,8H2,1H3. The molecular formula is C15H12BFN2O4S. The van der Waals surface area contributed by atoms with Crippen molar-refractivity contribution in [3.63, 3.8) is 0 Å². The fourth-order valence-electron chi connectivity index (χ4n) is 2.15. The van der Waals surface area contributed by atoms with Crippen LogP contribution in [-0.2, 0) is 14.3 Å². The van der Waals surface area contributed by atoms with Gasteiger partial charge in [-0.3, -0.25) is 0 Å². The number of hydrogen-bond acceptors (Lipinski definition) is 6. The monoisotopic (exact) mass is 346 g/mol. The van der Waals surface area contributed by atoms with Crippen molar-refractivity contribution < 1.29 is 23.2 Å². The molecule has 0 saturated carbocycles. The summed E-state index contributed by atoms with van der Waals surface area (Å²) in [6.45, 7) is 2.13. The van der Waals surface area contributed by atoms with Gasteiger partial charge in [0, 0.05) is 0 Å². The van der Waals surface area contributed by atoms with Gasteiger partial charge >= 0.3 is 140 Å². The fraction of sp³-hybridized carbons (Fsp3) is 0.200. The van der Waals surface area contributed by atoms with Gasteiger partial charge in [0.15, 0.2) is 0 Å². The molecule has 24 heavy (non-hydrogen) atoms. The van der Waals surface area contributed by atoms with Crippen LogP contribution in [0.3, 0.4) is 0 Å². The number of anilines is 1. The van der Waals surface area contributed by atoms with Gasteiger partial charge in [0.05, 0.1) is 0 Å². The summed E-state index contributed by atoms with van der Waals surface area (Å²) in [5.74, 6) is -1.49. The second-order valence-corrected chi connectivity index (χ2v) is 5.91. The van der Waals surface area contributed by atoms with Gasteiger partial charge in [-0.05, 0) is 0 Å². The summed E-state index contributed by atoms with van der Waals surface area (Å²) >= 11 is 1.46. The Labute approximate surface area is 141 Å². The van der Waals surface area contributed by atoms with Gasteiger partial charge in [0.1, 0.15) is 0 Å². The van der Waals surface area contributed by atoms with Crippen LogP contribution in [0.25, 0.3) is 10.1 Å². The molecule has 6 nitrogen and oxygen atoms in total. The molecule has 0 aliphatic carbocycles. The fourth-order valence-corrected chi connectivity index (χ4v) is 2.99. The number of amides is 1. The van der Waals surface area contributed by atoms with Gasteiger partial charge in [0.25, 0.3) is 0 Å². The normalized spacial score (nSPS) is 11.9. The van der Waals surface area contributed by atoms with E-state index in [0.717, 1.165) is 15.0 Å². The van der Waals surface area contributed by atoms with Crippen LogP contribution in [0.4, 0.5) is 10.2 Å². The van der Waals surface area contributed by atoms with E-state index < -0.39 is 24.8 Å². The molecule has 0 aliphatic heterocycles. The first-order valence-electron chi connectivity index (χ1n) is 7.03. The van der Waals surface area contributed by atoms with Crippen molar-refractivity contribution in [2.45, 2.75) is 13.1 Å². The zero-order chi connectivity index (χ0) is 17.1. The molecule has 2 aromatic heterocycles. The molecule has 0 spiro atoms. The third-order valence-corrected chi connectivity index (χ3v) is 4.22. The number of carbonyl (C=O) groups excluding carboxylic acids is 2. The zero-order valence-corrected chi connectivity index (χ0v) is 13.5. The topological polar surface area (TPSA) is 72.6 Å². The number of nitrogens with zero attached hydrogens (tertiary/aromatic N) is 2. The SMILES string of the molecule is CC(=O)OCN(C(=O)C(F)c1ccc2ccsc2c1)c1bcno1. The second kappa shape index (κ2) is 6.92. The maximum atomic E-state index is 14.7. The molecule has 1 aromatic carbocycles. The van der Waals surface area contributed by atoms with E-state index in [4.69, 9.17) is 9.26 Å². The number of aromatic nitrogens is 1. The Hall–Kier alpha value is -2.55. The summed E-state index contributed by atoms with van der Waals surface area (Å²) < 4.78 is 25.3. The van der Waals surface area contributed by atoms with Crippen LogP contribution in [-0.4, -0.2) is 30.7 Å². The number of esters is 1. The van der Waals surface area contributed by atoms with Crippen LogP contribution in [0.15, 0.2) is 40.3 Å². The summed E-state index contributed by atoms with van der Waals surface area (Å²) in [5, 5.41) is 6.36. The third-order valence-electron chi connectivity index (χ3n) is 3.34. The molecule has 1 atom stereocenters. The van der Waals surface area contributed by atoms with Gasteiger partial charge in [-0.2, -0.15) is 0 Å². The molecule has 0 saturated heterocycles. The third kappa shape index (κ3) is 3.35. The number of halogens is 1. The van der Waals surface area contributed by atoms with Gasteiger partial charge in [0.2, 0.25) is 0 Å². The zero-order valence-electron chi connectivity index (χ0n) is 12.6. The van der Waals surface area contributed by atoms with Crippen molar-refractivity contribution >= 4 is 46.0 Å². The first-order valence-corrected chi connectivity index (χ1v) is 7.91. The number of hydrogen-bond donors (Lipinski definition) is 0. The van der Waals surface area contributed by atoms with Gasteiger partial charge < -0.3 is 0 Å². The van der Waals surface area contributed by atoms with Crippen LogP contribution in [0.5, 0.6) is 0 Å². The Kier molecular flexibility index (Phi) is 4.70. The number of carbonyl (C=O) groups is 2. The molecule has 122 valence electrons. The molecule has 1 amide bonds. The summed E-state index contributed by atoms with van der Waals surface area (Å²) in [4.78, 5) is 24.4. The van der Waals surface area contributed by atoms with Crippen molar-refractivity contribution in [2.24, 2.45) is 0 Å². The Morgan fingerprint density at radius 1 is 1.46 bits per heavy atom. The number of ether oxygens (including phenoxy) is 1. The Morgan fingerprint density at radius 3 is 3.00 bits per heavy atom. The van der Waals surface area contributed by atoms with Crippen molar-refractivity contribution in [3.8, 4) is 0 Å². The van der Waals surface area contributed by atoms with E-state index in [0.29, 0.717) is 0 Å². The van der Waals surface area contributed by atoms with E-state index in [1.54, 1.807) is 18.2 Å². The van der Waals surface area contributed by atoms with Crippen molar-refractivity contribution in [2.75, 3.05) is 11.6 Å². The first-order chi connectivity index (χ1) is 11.6. The number of benzene rings is 1. The minimum absolute atomic E-state index is 0.00102. The van der Waals surface area contributed by atoms with Crippen LogP contribution in [0.2, 0.25) is 0 Å². The summed E-state index contributed by atoms with van der Waals surface area (Å²) in [6.07, 6.45) is -0.605. The second-order valence-electron chi connectivity index (χ2n) is 4.96. The van der Waals surface area contributed by atoms with Crippen molar-refractivity contribution in [3.05, 3.63) is 41.3 Å². The average molecular weight is 346 g/mol. The Morgan fingerprint density at radius 2 is 2.29 bits per heavy atom. The van der Waals surface area contributed by atoms with Crippen molar-refractivity contribution in [1.29, 1.82) is 0 Å². The van der Waals surface area contributed by atoms with E-state index in [1.165, 1.54) is 31.3 Å². The van der Waals surface area contributed by atoms with E-state index in [1.807, 2.05) is 11.4 Å². The van der Waals surface area contributed by atoms with Crippen molar-refractivity contribution in [1.82, 2.24) is 5.16 Å². The molecule has 0 radical (unpaired) electrons. The molecule has 0 N–H and O–H groups in total. The molecule has 0 aliphatic rings. The number of alkyl halides is 1.